The highest BCUT2D eigenvalue weighted by molar-refractivity contribution is 6.30. The first kappa shape index (κ1) is 12.0. The van der Waals surface area contributed by atoms with Gasteiger partial charge >= 0.3 is 0 Å². The Balaban J connectivity index is 1.73. The van der Waals surface area contributed by atoms with E-state index in [2.05, 4.69) is 5.32 Å². The lowest BCUT2D eigenvalue weighted by molar-refractivity contribution is 0.0642. The fourth-order valence-corrected chi connectivity index (χ4v) is 3.21. The number of carbonyl (C=O) groups is 1. The predicted molar refractivity (Wildman–Crippen MR) is 71.8 cm³/mol. The van der Waals surface area contributed by atoms with Crippen LogP contribution in [0.25, 0.3) is 0 Å². The third-order valence-corrected chi connectivity index (χ3v) is 4.30. The van der Waals surface area contributed by atoms with Crippen LogP contribution in [-0.4, -0.2) is 37.0 Å². The molecule has 2 fully saturated rings. The van der Waals surface area contributed by atoms with Gasteiger partial charge in [0, 0.05) is 23.7 Å². The zero-order valence-electron chi connectivity index (χ0n) is 10.2. The Hall–Kier alpha value is -1.06. The average molecular weight is 265 g/mol. The Morgan fingerprint density at radius 3 is 3.00 bits per heavy atom. The summed E-state index contributed by atoms with van der Waals surface area (Å²) in [5.74, 6) is 1.50. The van der Waals surface area contributed by atoms with E-state index in [9.17, 15) is 4.79 Å². The van der Waals surface area contributed by atoms with Gasteiger partial charge in [-0.1, -0.05) is 17.7 Å². The highest BCUT2D eigenvalue weighted by Gasteiger charge is 2.34. The molecule has 0 radical (unpaired) electrons. The number of nitrogens with zero attached hydrogens (tertiary/aromatic N) is 1. The summed E-state index contributed by atoms with van der Waals surface area (Å²) >= 11 is 5.94. The second-order valence-electron chi connectivity index (χ2n) is 5.23. The normalized spacial score (nSPS) is 27.1. The third-order valence-electron chi connectivity index (χ3n) is 4.06. The molecule has 0 unspecified atom stereocenters. The molecule has 2 heterocycles. The molecule has 2 atom stereocenters. The standard InChI is InChI=1S/C14H17ClN2O/c15-13-3-1-2-10(6-13)14(18)17-5-4-11-7-16-8-12(11)9-17/h1-3,6,11-12,16H,4-5,7-9H2/t11-,12-/m0/s1. The summed E-state index contributed by atoms with van der Waals surface area (Å²) in [7, 11) is 0. The number of halogens is 1. The number of amides is 1. The molecule has 3 rings (SSSR count). The minimum absolute atomic E-state index is 0.114. The van der Waals surface area contributed by atoms with E-state index in [1.807, 2.05) is 17.0 Å². The van der Waals surface area contributed by atoms with E-state index < -0.39 is 0 Å². The Bertz CT molecular complexity index is 463. The molecule has 18 heavy (non-hydrogen) atoms. The molecule has 1 aromatic rings. The molecule has 0 bridgehead atoms. The monoisotopic (exact) mass is 264 g/mol. The highest BCUT2D eigenvalue weighted by Crippen LogP contribution is 2.27. The number of piperidine rings is 1. The van der Waals surface area contributed by atoms with Crippen LogP contribution in [0.2, 0.25) is 5.02 Å². The second kappa shape index (κ2) is 4.90. The molecule has 1 amide bonds. The van der Waals surface area contributed by atoms with Crippen molar-refractivity contribution in [3.63, 3.8) is 0 Å². The predicted octanol–water partition coefficient (Wildman–Crippen LogP) is 2.02. The average Bonchev–Trinajstić information content (AvgIpc) is 2.85. The van der Waals surface area contributed by atoms with Crippen molar-refractivity contribution < 1.29 is 4.79 Å². The van der Waals surface area contributed by atoms with Crippen LogP contribution in [0.15, 0.2) is 24.3 Å². The fraction of sp³-hybridized carbons (Fsp3) is 0.500. The van der Waals surface area contributed by atoms with Crippen LogP contribution in [0.1, 0.15) is 16.8 Å². The van der Waals surface area contributed by atoms with Crippen molar-refractivity contribution in [1.82, 2.24) is 10.2 Å². The molecular weight excluding hydrogens is 248 g/mol. The van der Waals surface area contributed by atoms with E-state index in [0.717, 1.165) is 38.5 Å². The van der Waals surface area contributed by atoms with Crippen LogP contribution < -0.4 is 5.32 Å². The fourth-order valence-electron chi connectivity index (χ4n) is 3.02. The Morgan fingerprint density at radius 2 is 2.17 bits per heavy atom. The van der Waals surface area contributed by atoms with Crippen LogP contribution in [0.4, 0.5) is 0 Å². The summed E-state index contributed by atoms with van der Waals surface area (Å²) in [4.78, 5) is 14.4. The molecule has 2 aliphatic heterocycles. The smallest absolute Gasteiger partial charge is 0.253 e. The lowest BCUT2D eigenvalue weighted by Gasteiger charge is -2.34. The first-order chi connectivity index (χ1) is 8.74. The van der Waals surface area contributed by atoms with Gasteiger partial charge in [0.05, 0.1) is 0 Å². The molecule has 1 aromatic carbocycles. The van der Waals surface area contributed by atoms with Gasteiger partial charge in [0.15, 0.2) is 0 Å². The molecular formula is C14H17ClN2O. The number of rotatable bonds is 1. The molecule has 3 nitrogen and oxygen atoms in total. The molecule has 4 heteroatoms. The minimum Gasteiger partial charge on any atom is -0.338 e. The van der Waals surface area contributed by atoms with Gasteiger partial charge in [-0.2, -0.15) is 0 Å². The zero-order valence-corrected chi connectivity index (χ0v) is 11.0. The molecule has 0 saturated carbocycles. The maximum atomic E-state index is 12.4. The molecule has 1 N–H and O–H groups in total. The van der Waals surface area contributed by atoms with E-state index >= 15 is 0 Å². The van der Waals surface area contributed by atoms with Crippen LogP contribution in [-0.2, 0) is 0 Å². The molecule has 0 spiro atoms. The van der Waals surface area contributed by atoms with Crippen LogP contribution in [0.3, 0.4) is 0 Å². The van der Waals surface area contributed by atoms with Crippen molar-refractivity contribution in [3.8, 4) is 0 Å². The van der Waals surface area contributed by atoms with Crippen molar-refractivity contribution in [2.45, 2.75) is 6.42 Å². The number of likely N-dealkylation sites (tertiary alicyclic amines) is 1. The van der Waals surface area contributed by atoms with Crippen LogP contribution in [0, 0.1) is 11.8 Å². The number of nitrogens with one attached hydrogen (secondary N) is 1. The van der Waals surface area contributed by atoms with Gasteiger partial charge in [-0.05, 0) is 49.5 Å². The van der Waals surface area contributed by atoms with Crippen molar-refractivity contribution >= 4 is 17.5 Å². The summed E-state index contributed by atoms with van der Waals surface area (Å²) < 4.78 is 0. The number of fused-ring (bicyclic) bond motifs is 1. The zero-order chi connectivity index (χ0) is 12.5. The molecule has 0 aliphatic carbocycles. The lowest BCUT2D eigenvalue weighted by atomic mass is 9.88. The topological polar surface area (TPSA) is 32.3 Å². The molecule has 0 aromatic heterocycles. The van der Waals surface area contributed by atoms with E-state index in [4.69, 9.17) is 11.6 Å². The van der Waals surface area contributed by atoms with Gasteiger partial charge in [0.1, 0.15) is 0 Å². The van der Waals surface area contributed by atoms with Crippen molar-refractivity contribution in [2.24, 2.45) is 11.8 Å². The Labute approximate surface area is 112 Å². The van der Waals surface area contributed by atoms with Gasteiger partial charge in [0.25, 0.3) is 5.91 Å². The summed E-state index contributed by atoms with van der Waals surface area (Å²) in [6.45, 7) is 3.91. The summed E-state index contributed by atoms with van der Waals surface area (Å²) in [6, 6.07) is 7.22. The largest absolute Gasteiger partial charge is 0.338 e. The van der Waals surface area contributed by atoms with Gasteiger partial charge in [-0.3, -0.25) is 4.79 Å². The first-order valence-electron chi connectivity index (χ1n) is 6.49. The van der Waals surface area contributed by atoms with Crippen LogP contribution in [0.5, 0.6) is 0 Å². The first-order valence-corrected chi connectivity index (χ1v) is 6.87. The van der Waals surface area contributed by atoms with Gasteiger partial charge in [-0.15, -0.1) is 0 Å². The van der Waals surface area contributed by atoms with E-state index in [0.29, 0.717) is 16.5 Å². The van der Waals surface area contributed by atoms with E-state index in [1.54, 1.807) is 12.1 Å². The Kier molecular flexibility index (Phi) is 3.27. The number of hydrogen-bond acceptors (Lipinski definition) is 2. The maximum absolute atomic E-state index is 12.4. The third kappa shape index (κ3) is 2.25. The van der Waals surface area contributed by atoms with Gasteiger partial charge in [0.2, 0.25) is 0 Å². The van der Waals surface area contributed by atoms with Crippen LogP contribution >= 0.6 is 11.6 Å². The van der Waals surface area contributed by atoms with E-state index in [1.165, 1.54) is 0 Å². The SMILES string of the molecule is O=C(c1cccc(Cl)c1)N1CC[C@H]2CNC[C@H]2C1. The summed E-state index contributed by atoms with van der Waals surface area (Å²) in [6.07, 6.45) is 1.12. The van der Waals surface area contributed by atoms with Crippen molar-refractivity contribution in [1.29, 1.82) is 0 Å². The van der Waals surface area contributed by atoms with Crippen molar-refractivity contribution in [3.05, 3.63) is 34.9 Å². The Morgan fingerprint density at radius 1 is 1.33 bits per heavy atom. The number of carbonyl (C=O) groups excluding carboxylic acids is 1. The molecule has 2 saturated heterocycles. The highest BCUT2D eigenvalue weighted by atomic mass is 35.5. The quantitative estimate of drug-likeness (QED) is 0.842. The summed E-state index contributed by atoms with van der Waals surface area (Å²) in [5.41, 5.74) is 0.701. The van der Waals surface area contributed by atoms with Gasteiger partial charge < -0.3 is 10.2 Å². The lowest BCUT2D eigenvalue weighted by Crippen LogP contribution is -2.43. The number of hydrogen-bond donors (Lipinski definition) is 1. The molecule has 2 aliphatic rings. The van der Waals surface area contributed by atoms with E-state index in [-0.39, 0.29) is 5.91 Å². The summed E-state index contributed by atoms with van der Waals surface area (Å²) in [5, 5.41) is 4.04. The van der Waals surface area contributed by atoms with Crippen molar-refractivity contribution in [2.75, 3.05) is 26.2 Å². The van der Waals surface area contributed by atoms with Gasteiger partial charge in [-0.25, -0.2) is 0 Å². The minimum atomic E-state index is 0.114. The second-order valence-corrected chi connectivity index (χ2v) is 5.67. The maximum Gasteiger partial charge on any atom is 0.253 e. The molecule has 96 valence electrons. The number of benzene rings is 1.